The van der Waals surface area contributed by atoms with E-state index in [1.165, 1.54) is 16.2 Å². The molecule has 5 nitrogen and oxygen atoms in total. The fourth-order valence-electron chi connectivity index (χ4n) is 1.73. The summed E-state index contributed by atoms with van der Waals surface area (Å²) in [5.41, 5.74) is 2.14. The van der Waals surface area contributed by atoms with Gasteiger partial charge in [0, 0.05) is 13.2 Å². The van der Waals surface area contributed by atoms with Crippen LogP contribution in [-0.2, 0) is 0 Å². The number of carbonyl (C=O) groups is 1. The van der Waals surface area contributed by atoms with E-state index < -0.39 is 0 Å². The number of amides is 1. The van der Waals surface area contributed by atoms with E-state index in [4.69, 9.17) is 11.6 Å². The molecule has 0 unspecified atom stereocenters. The van der Waals surface area contributed by atoms with Crippen LogP contribution in [0.4, 0.5) is 5.69 Å². The molecule has 0 radical (unpaired) electrons. The molecule has 1 amide bonds. The summed E-state index contributed by atoms with van der Waals surface area (Å²) in [5.74, 6) is -0.115. The van der Waals surface area contributed by atoms with Crippen molar-refractivity contribution in [2.75, 3.05) is 11.9 Å². The van der Waals surface area contributed by atoms with Crippen molar-refractivity contribution in [3.8, 4) is 0 Å². The molecule has 0 aliphatic heterocycles. The Hall–Kier alpha value is -1.79. The van der Waals surface area contributed by atoms with Gasteiger partial charge in [-0.05, 0) is 12.1 Å². The highest BCUT2D eigenvalue weighted by Crippen LogP contribution is 2.30. The van der Waals surface area contributed by atoms with E-state index in [9.17, 15) is 4.79 Å². The summed E-state index contributed by atoms with van der Waals surface area (Å²) in [5, 5.41) is 6.50. The lowest BCUT2D eigenvalue weighted by Gasteiger charge is -2.13. The Labute approximate surface area is 111 Å². The predicted octanol–water partition coefficient (Wildman–Crippen LogP) is 2.88. The SMILES string of the molecule is CN(C(=O)c1cc2sc(Cl)cc2[nH]1)c1cn[nH]c1. The number of nitrogens with one attached hydrogen (secondary N) is 2. The molecule has 0 spiro atoms. The molecule has 3 aromatic rings. The van der Waals surface area contributed by atoms with E-state index >= 15 is 0 Å². The Kier molecular flexibility index (Phi) is 2.61. The molecule has 0 saturated carbocycles. The number of aromatic amines is 2. The van der Waals surface area contributed by atoms with E-state index in [0.717, 1.165) is 15.9 Å². The second-order valence-electron chi connectivity index (χ2n) is 3.83. The third-order valence-corrected chi connectivity index (χ3v) is 3.89. The van der Waals surface area contributed by atoms with E-state index in [1.807, 2.05) is 12.1 Å². The van der Waals surface area contributed by atoms with Crippen molar-refractivity contribution in [3.05, 3.63) is 34.6 Å². The van der Waals surface area contributed by atoms with Crippen molar-refractivity contribution < 1.29 is 4.79 Å². The monoisotopic (exact) mass is 280 g/mol. The standard InChI is InChI=1S/C11H9ClN4OS/c1-16(6-4-13-14-5-6)11(17)8-2-9-7(15-8)3-10(12)18-9/h2-5,15H,1H3,(H,13,14). The largest absolute Gasteiger partial charge is 0.350 e. The lowest BCUT2D eigenvalue weighted by molar-refractivity contribution is 0.0989. The summed E-state index contributed by atoms with van der Waals surface area (Å²) in [6.07, 6.45) is 3.26. The molecular formula is C11H9ClN4OS. The minimum atomic E-state index is -0.115. The maximum absolute atomic E-state index is 12.2. The fourth-order valence-corrected chi connectivity index (χ4v) is 2.87. The maximum Gasteiger partial charge on any atom is 0.274 e. The lowest BCUT2D eigenvalue weighted by atomic mass is 10.3. The normalized spacial score (nSPS) is 11.0. The summed E-state index contributed by atoms with van der Waals surface area (Å²) in [6, 6.07) is 3.63. The van der Waals surface area contributed by atoms with E-state index in [0.29, 0.717) is 10.0 Å². The number of hydrogen-bond donors (Lipinski definition) is 2. The number of H-pyrrole nitrogens is 2. The number of fused-ring (bicyclic) bond motifs is 1. The number of nitrogens with zero attached hydrogens (tertiary/aromatic N) is 2. The van der Waals surface area contributed by atoms with Gasteiger partial charge in [-0.25, -0.2) is 0 Å². The lowest BCUT2D eigenvalue weighted by Crippen LogP contribution is -2.26. The number of hydrogen-bond acceptors (Lipinski definition) is 3. The molecule has 0 aromatic carbocycles. The van der Waals surface area contributed by atoms with Crippen molar-refractivity contribution >= 4 is 44.7 Å². The van der Waals surface area contributed by atoms with Gasteiger partial charge in [-0.1, -0.05) is 11.6 Å². The molecule has 0 saturated heterocycles. The summed E-state index contributed by atoms with van der Waals surface area (Å²) in [4.78, 5) is 16.8. The van der Waals surface area contributed by atoms with Crippen LogP contribution in [-0.4, -0.2) is 28.1 Å². The highest BCUT2D eigenvalue weighted by atomic mass is 35.5. The predicted molar refractivity (Wildman–Crippen MR) is 72.5 cm³/mol. The molecule has 3 rings (SSSR count). The summed E-state index contributed by atoms with van der Waals surface area (Å²) >= 11 is 7.34. The van der Waals surface area contributed by atoms with Gasteiger partial charge in [0.1, 0.15) is 5.69 Å². The van der Waals surface area contributed by atoms with Gasteiger partial charge in [0.2, 0.25) is 0 Å². The minimum absolute atomic E-state index is 0.115. The topological polar surface area (TPSA) is 64.8 Å². The molecule has 0 bridgehead atoms. The van der Waals surface area contributed by atoms with Crippen molar-refractivity contribution in [3.63, 3.8) is 0 Å². The second kappa shape index (κ2) is 4.15. The van der Waals surface area contributed by atoms with Gasteiger partial charge in [-0.15, -0.1) is 11.3 Å². The zero-order chi connectivity index (χ0) is 12.7. The second-order valence-corrected chi connectivity index (χ2v) is 5.55. The first kappa shape index (κ1) is 11.3. The van der Waals surface area contributed by atoms with Crippen LogP contribution in [0.2, 0.25) is 4.34 Å². The summed E-state index contributed by atoms with van der Waals surface area (Å²) < 4.78 is 1.68. The van der Waals surface area contributed by atoms with Crippen LogP contribution in [0.25, 0.3) is 10.2 Å². The molecule has 0 aliphatic rings. The van der Waals surface area contributed by atoms with E-state index in [1.54, 1.807) is 19.4 Å². The first-order valence-corrected chi connectivity index (χ1v) is 6.39. The third-order valence-electron chi connectivity index (χ3n) is 2.68. The maximum atomic E-state index is 12.2. The number of aromatic nitrogens is 3. The number of rotatable bonds is 2. The van der Waals surface area contributed by atoms with Crippen LogP contribution in [0.3, 0.4) is 0 Å². The summed E-state index contributed by atoms with van der Waals surface area (Å²) in [7, 11) is 1.70. The van der Waals surface area contributed by atoms with Crippen molar-refractivity contribution in [2.45, 2.75) is 0 Å². The molecule has 0 atom stereocenters. The Morgan fingerprint density at radius 1 is 1.50 bits per heavy atom. The van der Waals surface area contributed by atoms with Gasteiger partial charge in [0.05, 0.1) is 26.4 Å². The van der Waals surface area contributed by atoms with Gasteiger partial charge in [-0.2, -0.15) is 5.10 Å². The van der Waals surface area contributed by atoms with Gasteiger partial charge in [-0.3, -0.25) is 9.89 Å². The Morgan fingerprint density at radius 3 is 3.00 bits per heavy atom. The number of halogens is 1. The molecule has 18 heavy (non-hydrogen) atoms. The Morgan fingerprint density at radius 2 is 2.33 bits per heavy atom. The van der Waals surface area contributed by atoms with Crippen LogP contribution in [0, 0.1) is 0 Å². The number of carbonyl (C=O) groups excluding carboxylic acids is 1. The van der Waals surface area contributed by atoms with Crippen LogP contribution in [0.1, 0.15) is 10.5 Å². The van der Waals surface area contributed by atoms with Crippen LogP contribution < -0.4 is 4.90 Å². The van der Waals surface area contributed by atoms with Gasteiger partial charge in [0.25, 0.3) is 5.91 Å². The Bertz CT molecular complexity index is 668. The van der Waals surface area contributed by atoms with Crippen molar-refractivity contribution in [1.29, 1.82) is 0 Å². The molecule has 0 aliphatic carbocycles. The molecule has 0 fully saturated rings. The smallest absolute Gasteiger partial charge is 0.274 e. The van der Waals surface area contributed by atoms with Crippen molar-refractivity contribution in [2.24, 2.45) is 0 Å². The van der Waals surface area contributed by atoms with Gasteiger partial charge in [0.15, 0.2) is 0 Å². The molecule has 3 aromatic heterocycles. The molecule has 3 heterocycles. The molecule has 2 N–H and O–H groups in total. The summed E-state index contributed by atoms with van der Waals surface area (Å²) in [6.45, 7) is 0. The molecule has 7 heteroatoms. The highest BCUT2D eigenvalue weighted by molar-refractivity contribution is 7.22. The van der Waals surface area contributed by atoms with Crippen LogP contribution in [0.15, 0.2) is 24.5 Å². The van der Waals surface area contributed by atoms with Gasteiger partial charge < -0.3 is 9.88 Å². The van der Waals surface area contributed by atoms with E-state index in [-0.39, 0.29) is 5.91 Å². The average Bonchev–Trinajstić information content (AvgIpc) is 3.00. The molecule has 92 valence electrons. The quantitative estimate of drug-likeness (QED) is 0.758. The average molecular weight is 281 g/mol. The fraction of sp³-hybridized carbons (Fsp3) is 0.0909. The van der Waals surface area contributed by atoms with E-state index in [2.05, 4.69) is 15.2 Å². The zero-order valence-corrected chi connectivity index (χ0v) is 11.0. The first-order valence-electron chi connectivity index (χ1n) is 5.20. The van der Waals surface area contributed by atoms with Crippen LogP contribution >= 0.6 is 22.9 Å². The first-order chi connectivity index (χ1) is 8.65. The highest BCUT2D eigenvalue weighted by Gasteiger charge is 2.17. The number of anilines is 1. The van der Waals surface area contributed by atoms with Gasteiger partial charge >= 0.3 is 0 Å². The zero-order valence-electron chi connectivity index (χ0n) is 9.40. The van der Waals surface area contributed by atoms with Crippen molar-refractivity contribution in [1.82, 2.24) is 15.2 Å². The third kappa shape index (κ3) is 1.79. The molecular weight excluding hydrogens is 272 g/mol. The Balaban J connectivity index is 1.94. The minimum Gasteiger partial charge on any atom is -0.350 e. The van der Waals surface area contributed by atoms with Crippen LogP contribution in [0.5, 0.6) is 0 Å². The number of thiophene rings is 1.